The lowest BCUT2D eigenvalue weighted by molar-refractivity contribution is -0.386. The summed E-state index contributed by atoms with van der Waals surface area (Å²) in [5.74, 6) is -2.17. The molecular formula is C30H21Cl2N3O8. The Balaban J connectivity index is 1.51. The van der Waals surface area contributed by atoms with Gasteiger partial charge in [0, 0.05) is 27.7 Å². The minimum absolute atomic E-state index is 0.0384. The molecule has 1 N–H and O–H groups in total. The zero-order chi connectivity index (χ0) is 30.9. The summed E-state index contributed by atoms with van der Waals surface area (Å²) < 4.78 is 16.4. The van der Waals surface area contributed by atoms with Crippen LogP contribution in [0.3, 0.4) is 0 Å². The van der Waals surface area contributed by atoms with Gasteiger partial charge < -0.3 is 14.2 Å². The Bertz CT molecular complexity index is 1690. The number of nitrogens with zero attached hydrogens (tertiary/aromatic N) is 2. The fourth-order valence-electron chi connectivity index (χ4n) is 3.48. The molecule has 1 unspecified atom stereocenters. The minimum atomic E-state index is -1.14. The number of benzene rings is 4. The maximum atomic E-state index is 12.8. The molecule has 1 atom stereocenters. The topological polar surface area (TPSA) is 146 Å². The number of halogens is 2. The van der Waals surface area contributed by atoms with Crippen molar-refractivity contribution >= 4 is 52.9 Å². The number of amides is 1. The maximum Gasteiger partial charge on any atom is 0.343 e. The number of hydrazone groups is 1. The molecule has 43 heavy (non-hydrogen) atoms. The Morgan fingerprint density at radius 3 is 2.02 bits per heavy atom. The van der Waals surface area contributed by atoms with E-state index in [2.05, 4.69) is 10.5 Å². The highest BCUT2D eigenvalue weighted by Gasteiger charge is 2.21. The van der Waals surface area contributed by atoms with Gasteiger partial charge in [0.15, 0.2) is 11.9 Å². The lowest BCUT2D eigenvalue weighted by Crippen LogP contribution is -2.33. The van der Waals surface area contributed by atoms with Crippen LogP contribution in [0.4, 0.5) is 5.69 Å². The van der Waals surface area contributed by atoms with Crippen molar-refractivity contribution in [3.05, 3.63) is 128 Å². The Morgan fingerprint density at radius 2 is 1.42 bits per heavy atom. The molecule has 4 aromatic carbocycles. The maximum absolute atomic E-state index is 12.8. The van der Waals surface area contributed by atoms with Gasteiger partial charge >= 0.3 is 17.6 Å². The second-order valence-corrected chi connectivity index (χ2v) is 9.58. The molecule has 218 valence electrons. The smallest absolute Gasteiger partial charge is 0.343 e. The van der Waals surface area contributed by atoms with Crippen LogP contribution in [-0.4, -0.2) is 35.1 Å². The van der Waals surface area contributed by atoms with Crippen molar-refractivity contribution in [2.45, 2.75) is 13.0 Å². The van der Waals surface area contributed by atoms with Gasteiger partial charge in [-0.2, -0.15) is 5.10 Å². The number of nitro benzene ring substituents is 1. The summed E-state index contributed by atoms with van der Waals surface area (Å²) in [5.41, 5.74) is 2.66. The molecule has 4 aromatic rings. The van der Waals surface area contributed by atoms with Crippen LogP contribution in [0.2, 0.25) is 10.0 Å². The van der Waals surface area contributed by atoms with E-state index >= 15 is 0 Å². The normalized spacial score (nSPS) is 11.4. The van der Waals surface area contributed by atoms with Crippen LogP contribution in [0.1, 0.15) is 33.2 Å². The van der Waals surface area contributed by atoms with Crippen molar-refractivity contribution in [2.24, 2.45) is 5.10 Å². The summed E-state index contributed by atoms with van der Waals surface area (Å²) in [7, 11) is 0. The Hall–Kier alpha value is -5.26. The number of ether oxygens (including phenoxy) is 3. The van der Waals surface area contributed by atoms with E-state index in [4.69, 9.17) is 37.4 Å². The minimum Gasteiger partial charge on any atom is -0.474 e. The van der Waals surface area contributed by atoms with Crippen LogP contribution in [-0.2, 0) is 4.79 Å². The molecule has 0 aliphatic rings. The van der Waals surface area contributed by atoms with E-state index in [1.165, 1.54) is 104 Å². The number of nitro groups is 1. The monoisotopic (exact) mass is 621 g/mol. The fourth-order valence-corrected chi connectivity index (χ4v) is 3.73. The zero-order valence-corrected chi connectivity index (χ0v) is 23.7. The first-order valence-electron chi connectivity index (χ1n) is 12.4. The van der Waals surface area contributed by atoms with Gasteiger partial charge in [0.25, 0.3) is 5.91 Å². The van der Waals surface area contributed by atoms with Crippen LogP contribution < -0.4 is 19.6 Å². The van der Waals surface area contributed by atoms with Crippen molar-refractivity contribution in [3.63, 3.8) is 0 Å². The highest BCUT2D eigenvalue weighted by molar-refractivity contribution is 6.31. The number of carbonyl (C=O) groups excluding carboxylic acids is 3. The van der Waals surface area contributed by atoms with Crippen molar-refractivity contribution in [1.29, 1.82) is 0 Å². The molecule has 1 amide bonds. The van der Waals surface area contributed by atoms with E-state index in [1.807, 2.05) is 0 Å². The number of esters is 2. The average Bonchev–Trinajstić information content (AvgIpc) is 2.99. The van der Waals surface area contributed by atoms with Crippen molar-refractivity contribution in [3.8, 4) is 17.2 Å². The Labute approximate surface area is 254 Å². The van der Waals surface area contributed by atoms with Crippen LogP contribution in [0.25, 0.3) is 0 Å². The molecule has 0 heterocycles. The van der Waals surface area contributed by atoms with Gasteiger partial charge in [0.2, 0.25) is 0 Å². The predicted molar refractivity (Wildman–Crippen MR) is 158 cm³/mol. The third-order valence-corrected chi connectivity index (χ3v) is 6.18. The Morgan fingerprint density at radius 1 is 0.837 bits per heavy atom. The highest BCUT2D eigenvalue weighted by atomic mass is 35.5. The number of carbonyl (C=O) groups is 3. The van der Waals surface area contributed by atoms with Crippen molar-refractivity contribution in [2.75, 3.05) is 0 Å². The third kappa shape index (κ3) is 8.38. The van der Waals surface area contributed by atoms with E-state index in [9.17, 15) is 24.5 Å². The third-order valence-electron chi connectivity index (χ3n) is 5.67. The van der Waals surface area contributed by atoms with Gasteiger partial charge in [-0.1, -0.05) is 35.3 Å². The summed E-state index contributed by atoms with van der Waals surface area (Å²) in [6.45, 7) is 1.39. The molecule has 11 nitrogen and oxygen atoms in total. The molecule has 0 bridgehead atoms. The van der Waals surface area contributed by atoms with Gasteiger partial charge in [0.05, 0.1) is 22.3 Å². The van der Waals surface area contributed by atoms with Gasteiger partial charge in [-0.05, 0) is 73.7 Å². The molecule has 0 aliphatic heterocycles. The fraction of sp³-hybridized carbons (Fsp3) is 0.0667. The molecule has 0 aromatic heterocycles. The summed E-state index contributed by atoms with van der Waals surface area (Å²) in [5, 5.41) is 16.0. The summed E-state index contributed by atoms with van der Waals surface area (Å²) in [4.78, 5) is 48.5. The lowest BCUT2D eigenvalue weighted by atomic mass is 10.2. The molecule has 0 aliphatic carbocycles. The molecule has 0 radical (unpaired) electrons. The van der Waals surface area contributed by atoms with E-state index < -0.39 is 28.9 Å². The van der Waals surface area contributed by atoms with Gasteiger partial charge in [-0.3, -0.25) is 14.9 Å². The number of para-hydroxylation sites is 2. The van der Waals surface area contributed by atoms with Crippen LogP contribution in [0.5, 0.6) is 17.2 Å². The molecule has 0 spiro atoms. The van der Waals surface area contributed by atoms with Gasteiger partial charge in [-0.25, -0.2) is 15.0 Å². The van der Waals surface area contributed by atoms with Gasteiger partial charge in [-0.15, -0.1) is 0 Å². The zero-order valence-electron chi connectivity index (χ0n) is 22.2. The molecule has 13 heteroatoms. The summed E-state index contributed by atoms with van der Waals surface area (Å²) in [6, 6.07) is 21.9. The molecule has 0 saturated carbocycles. The summed E-state index contributed by atoms with van der Waals surface area (Å²) >= 11 is 11.8. The second-order valence-electron chi connectivity index (χ2n) is 8.71. The molecule has 4 rings (SSSR count). The van der Waals surface area contributed by atoms with Gasteiger partial charge in [0.1, 0.15) is 11.5 Å². The SMILES string of the molecule is CC(Oc1ccccc1[N+](=O)[O-])C(=O)N/N=C/c1ccc(OC(=O)c2ccc(Cl)cc2)cc1OC(=O)c1ccc(Cl)cc1. The Kier molecular flexibility index (Phi) is 10.0. The summed E-state index contributed by atoms with van der Waals surface area (Å²) in [6.07, 6.45) is 0.0558. The van der Waals surface area contributed by atoms with Crippen LogP contribution in [0.15, 0.2) is 96.1 Å². The first kappa shape index (κ1) is 30.7. The quantitative estimate of drug-likeness (QED) is 0.0717. The first-order chi connectivity index (χ1) is 20.6. The average molecular weight is 622 g/mol. The lowest BCUT2D eigenvalue weighted by Gasteiger charge is -2.13. The highest BCUT2D eigenvalue weighted by Crippen LogP contribution is 2.28. The number of hydrogen-bond acceptors (Lipinski definition) is 9. The number of hydrogen-bond donors (Lipinski definition) is 1. The van der Waals surface area contributed by atoms with Crippen LogP contribution >= 0.6 is 23.2 Å². The largest absolute Gasteiger partial charge is 0.474 e. The number of rotatable bonds is 10. The van der Waals surface area contributed by atoms with E-state index in [0.717, 1.165) is 0 Å². The van der Waals surface area contributed by atoms with E-state index in [0.29, 0.717) is 10.0 Å². The molecular weight excluding hydrogens is 601 g/mol. The predicted octanol–water partition coefficient (Wildman–Crippen LogP) is 6.26. The number of nitrogens with one attached hydrogen (secondary N) is 1. The molecule has 0 saturated heterocycles. The standard InChI is InChI=1S/C30H21Cl2N3O8/c1-18(41-26-5-3-2-4-25(26)35(39)40)28(36)34-33-17-21-10-15-24(42-29(37)19-6-11-22(31)12-7-19)16-27(21)43-30(38)20-8-13-23(32)14-9-20/h2-18H,1H3,(H,34,36)/b33-17+. The van der Waals surface area contributed by atoms with E-state index in [-0.39, 0.29) is 39.6 Å². The van der Waals surface area contributed by atoms with Crippen LogP contribution in [0, 0.1) is 10.1 Å². The molecule has 0 fully saturated rings. The first-order valence-corrected chi connectivity index (χ1v) is 13.2. The van der Waals surface area contributed by atoms with E-state index in [1.54, 1.807) is 0 Å². The second kappa shape index (κ2) is 14.1. The van der Waals surface area contributed by atoms with Crippen molar-refractivity contribution < 1.29 is 33.5 Å². The van der Waals surface area contributed by atoms with Crippen molar-refractivity contribution in [1.82, 2.24) is 5.43 Å².